The van der Waals surface area contributed by atoms with Gasteiger partial charge in [0.1, 0.15) is 0 Å². The van der Waals surface area contributed by atoms with Gasteiger partial charge in [-0.05, 0) is 153 Å². The van der Waals surface area contributed by atoms with Gasteiger partial charge < -0.3 is 0 Å². The maximum absolute atomic E-state index is 5.16. The SMILES string of the molecule is C[Si](C)(C)c1cc(C(P)(c2ccccn2)c2ccccn2)c(CP(C23CC4CC(CC(C4)C2)C3)C23CC4CC(CC(C4)C2)C3)[c-]1[Si](C)(C)C.[Fe+2].c1cc[cH-]c1. The standard InChI is InChI=1S/C43H61N2P2Si2.C5H5.Fe/c1-48(2,3)37-21-36(43(46,38-11-7-9-13-44-38)39-12-8-10-14-45-39)35(40(37)49(4,5)6)28-47(41-22-29-15-30(23-41)17-31(16-29)24-41)42-25-32-18-33(26-42)20-34(19-32)27-42;1-2-4-5-3-1;/h7-14,21,29-34H,15-20,22-28,46H2,1-6H3;1-5H;/q2*-1;+2. The van der Waals surface area contributed by atoms with Crippen LogP contribution in [0, 0.1) is 35.5 Å². The Morgan fingerprint density at radius 2 is 1.11 bits per heavy atom. The van der Waals surface area contributed by atoms with E-state index in [1.165, 1.54) is 6.16 Å². The number of nitrogens with zero attached hydrogens (tertiary/aromatic N) is 2. The molecule has 0 amide bonds. The fourth-order valence-electron chi connectivity index (χ4n) is 14.3. The van der Waals surface area contributed by atoms with Gasteiger partial charge in [-0.2, -0.15) is 39.7 Å². The van der Waals surface area contributed by atoms with Crippen LogP contribution in [-0.4, -0.2) is 36.4 Å². The maximum atomic E-state index is 5.16. The average molecular weight is 845 g/mol. The van der Waals surface area contributed by atoms with Gasteiger partial charge in [-0.25, -0.2) is 18.2 Å². The van der Waals surface area contributed by atoms with E-state index in [0.717, 1.165) is 46.9 Å². The third kappa shape index (κ3) is 7.39. The van der Waals surface area contributed by atoms with Crippen LogP contribution < -0.4 is 10.4 Å². The van der Waals surface area contributed by atoms with E-state index in [9.17, 15) is 0 Å². The Hall–Kier alpha value is -1.19. The summed E-state index contributed by atoms with van der Waals surface area (Å²) >= 11 is 0. The molecular formula is C48H66FeN2P2Si2. The molecule has 2 nitrogen and oxygen atoms in total. The molecule has 1 unspecified atom stereocenters. The van der Waals surface area contributed by atoms with E-state index in [2.05, 4.69) is 91.0 Å². The average Bonchev–Trinajstić information content (AvgIpc) is 3.83. The van der Waals surface area contributed by atoms with Gasteiger partial charge in [-0.3, -0.25) is 9.97 Å². The summed E-state index contributed by atoms with van der Waals surface area (Å²) < 4.78 is 0. The van der Waals surface area contributed by atoms with Crippen molar-refractivity contribution in [2.45, 2.75) is 138 Å². The van der Waals surface area contributed by atoms with Crippen LogP contribution in [0.1, 0.15) is 99.6 Å². The van der Waals surface area contributed by atoms with Crippen LogP contribution in [0.5, 0.6) is 0 Å². The molecule has 0 N–H and O–H groups in total. The van der Waals surface area contributed by atoms with Crippen LogP contribution in [-0.2, 0) is 28.4 Å². The van der Waals surface area contributed by atoms with Gasteiger partial charge in [0, 0.05) is 37.0 Å². The largest absolute Gasteiger partial charge is 2.00 e. The Morgan fingerprint density at radius 1 is 0.691 bits per heavy atom. The van der Waals surface area contributed by atoms with E-state index in [-0.39, 0.29) is 25.0 Å². The first-order chi connectivity index (χ1) is 25.8. The van der Waals surface area contributed by atoms with E-state index in [4.69, 9.17) is 9.97 Å². The number of aromatic nitrogens is 2. The molecule has 8 bridgehead atoms. The summed E-state index contributed by atoms with van der Waals surface area (Å²) in [6.07, 6.45) is 24.1. The first-order valence-electron chi connectivity index (χ1n) is 21.7. The van der Waals surface area contributed by atoms with E-state index in [0.29, 0.717) is 10.3 Å². The zero-order chi connectivity index (χ0) is 37.5. The van der Waals surface area contributed by atoms with Crippen LogP contribution in [0.3, 0.4) is 0 Å². The molecule has 0 spiro atoms. The number of rotatable bonds is 9. The first kappa shape index (κ1) is 40.6. The summed E-state index contributed by atoms with van der Waals surface area (Å²) in [4.78, 5) is 10.3. The molecule has 8 saturated carbocycles. The molecule has 2 aromatic carbocycles. The summed E-state index contributed by atoms with van der Waals surface area (Å²) in [7, 11) is -0.185. The van der Waals surface area contributed by atoms with Crippen molar-refractivity contribution in [1.29, 1.82) is 0 Å². The molecule has 1 atom stereocenters. The van der Waals surface area contributed by atoms with Crippen LogP contribution in [0.2, 0.25) is 39.3 Å². The molecule has 294 valence electrons. The minimum atomic E-state index is -1.74. The second-order valence-corrected chi connectivity index (χ2v) is 35.4. The second-order valence-electron chi connectivity index (χ2n) is 21.4. The zero-order valence-corrected chi connectivity index (χ0v) is 39.7. The van der Waals surface area contributed by atoms with Gasteiger partial charge in [-0.1, -0.05) is 59.3 Å². The number of hydrogen-bond acceptors (Lipinski definition) is 2. The van der Waals surface area contributed by atoms with Crippen molar-refractivity contribution < 1.29 is 17.1 Å². The molecule has 8 aliphatic carbocycles. The molecule has 0 aliphatic heterocycles. The fraction of sp³-hybridized carbons (Fsp3) is 0.583. The molecule has 12 rings (SSSR count). The van der Waals surface area contributed by atoms with Crippen LogP contribution in [0.4, 0.5) is 0 Å². The van der Waals surface area contributed by atoms with Crippen molar-refractivity contribution in [2.24, 2.45) is 35.5 Å². The minimum absolute atomic E-state index is 0. The van der Waals surface area contributed by atoms with E-state index >= 15 is 0 Å². The maximum Gasteiger partial charge on any atom is 2.00 e. The molecule has 2 heterocycles. The minimum Gasteiger partial charge on any atom is -0.261 e. The number of hydrogen-bond donors (Lipinski definition) is 0. The zero-order valence-electron chi connectivity index (χ0n) is 34.5. The van der Waals surface area contributed by atoms with Crippen molar-refractivity contribution in [3.05, 3.63) is 108 Å². The van der Waals surface area contributed by atoms with Gasteiger partial charge >= 0.3 is 17.1 Å². The quantitative estimate of drug-likeness (QED) is 0.0953. The van der Waals surface area contributed by atoms with Crippen molar-refractivity contribution in [2.75, 3.05) is 0 Å². The van der Waals surface area contributed by atoms with Gasteiger partial charge in [0.05, 0.1) is 8.07 Å². The number of pyridine rings is 2. The van der Waals surface area contributed by atoms with Gasteiger partial charge in [0.15, 0.2) is 0 Å². The van der Waals surface area contributed by atoms with Gasteiger partial charge in [-0.15, -0.1) is 9.24 Å². The normalized spacial score (nSPS) is 32.5. The summed E-state index contributed by atoms with van der Waals surface area (Å²) in [6.45, 7) is 15.9. The van der Waals surface area contributed by atoms with Gasteiger partial charge in [0.25, 0.3) is 0 Å². The second kappa shape index (κ2) is 15.1. The van der Waals surface area contributed by atoms with Crippen LogP contribution >= 0.6 is 17.2 Å². The Labute approximate surface area is 349 Å². The molecule has 8 fully saturated rings. The molecule has 7 heteroatoms. The molecular weight excluding hydrogens is 779 g/mol. The van der Waals surface area contributed by atoms with Crippen molar-refractivity contribution >= 4 is 43.7 Å². The predicted molar refractivity (Wildman–Crippen MR) is 241 cm³/mol. The third-order valence-corrected chi connectivity index (χ3v) is 24.6. The predicted octanol–water partition coefficient (Wildman–Crippen LogP) is 11.8. The molecule has 8 aliphatic rings. The van der Waals surface area contributed by atoms with Crippen molar-refractivity contribution in [1.82, 2.24) is 9.97 Å². The van der Waals surface area contributed by atoms with Crippen molar-refractivity contribution in [3.8, 4) is 0 Å². The smallest absolute Gasteiger partial charge is 0.261 e. The van der Waals surface area contributed by atoms with E-state index in [1.807, 2.05) is 47.9 Å². The van der Waals surface area contributed by atoms with E-state index in [1.54, 1.807) is 93.4 Å². The molecule has 2 aromatic heterocycles. The molecule has 55 heavy (non-hydrogen) atoms. The van der Waals surface area contributed by atoms with Gasteiger partial charge in [0.2, 0.25) is 0 Å². The molecule has 4 aromatic rings. The summed E-state index contributed by atoms with van der Waals surface area (Å²) in [6, 6.07) is 25.9. The summed E-state index contributed by atoms with van der Waals surface area (Å²) in [5.41, 5.74) is 5.60. The Kier molecular flexibility index (Phi) is 11.2. The Bertz CT molecular complexity index is 1740. The Morgan fingerprint density at radius 3 is 1.42 bits per heavy atom. The summed E-state index contributed by atoms with van der Waals surface area (Å²) in [5.74, 6) is 6.09. The molecule has 0 saturated heterocycles. The van der Waals surface area contributed by atoms with Crippen LogP contribution in [0.25, 0.3) is 0 Å². The molecule has 0 radical (unpaired) electrons. The fourth-order valence-corrected chi connectivity index (χ4v) is 26.0. The Balaban J connectivity index is 0.000000661. The topological polar surface area (TPSA) is 25.8 Å². The monoisotopic (exact) mass is 844 g/mol. The van der Waals surface area contributed by atoms with Crippen molar-refractivity contribution in [3.63, 3.8) is 0 Å². The first-order valence-corrected chi connectivity index (χ1v) is 30.8. The summed E-state index contributed by atoms with van der Waals surface area (Å²) in [5, 5.41) is 4.36. The van der Waals surface area contributed by atoms with Crippen LogP contribution in [0.15, 0.2) is 85.2 Å². The third-order valence-electron chi connectivity index (χ3n) is 15.3. The van der Waals surface area contributed by atoms with E-state index < -0.39 is 21.3 Å².